The summed E-state index contributed by atoms with van der Waals surface area (Å²) in [6.07, 6.45) is 2.12. The molecule has 1 aliphatic rings. The highest BCUT2D eigenvalue weighted by Crippen LogP contribution is 2.36. The van der Waals surface area contributed by atoms with Crippen molar-refractivity contribution in [2.75, 3.05) is 0 Å². The fourth-order valence-electron chi connectivity index (χ4n) is 2.65. The molecule has 0 aliphatic carbocycles. The maximum Gasteiger partial charge on any atom is 0.496 e. The van der Waals surface area contributed by atoms with Crippen molar-refractivity contribution in [2.45, 2.75) is 77.7 Å². The van der Waals surface area contributed by atoms with E-state index in [1.807, 2.05) is 27.7 Å². The van der Waals surface area contributed by atoms with Crippen molar-refractivity contribution in [3.05, 3.63) is 24.0 Å². The third-order valence-corrected chi connectivity index (χ3v) is 4.78. The lowest BCUT2D eigenvalue weighted by molar-refractivity contribution is -0.137. The number of ether oxygens (including phenoxy) is 1. The molecule has 2 N–H and O–H groups in total. The molecule has 0 radical (unpaired) electrons. The molecule has 1 fully saturated rings. The normalized spacial score (nSPS) is 19.2. The average molecular weight is 392 g/mol. The fourth-order valence-corrected chi connectivity index (χ4v) is 2.65. The molecule has 8 nitrogen and oxygen atoms in total. The van der Waals surface area contributed by atoms with Crippen LogP contribution in [-0.4, -0.2) is 46.1 Å². The predicted molar refractivity (Wildman–Crippen MR) is 104 cm³/mol. The van der Waals surface area contributed by atoms with E-state index in [1.165, 1.54) is 6.20 Å². The second-order valence-corrected chi connectivity index (χ2v) is 8.94. The van der Waals surface area contributed by atoms with Crippen molar-refractivity contribution in [1.29, 1.82) is 0 Å². The second-order valence-electron chi connectivity index (χ2n) is 8.94. The van der Waals surface area contributed by atoms with E-state index in [0.29, 0.717) is 11.0 Å². The Bertz CT molecular complexity index is 728. The number of pyridine rings is 1. The van der Waals surface area contributed by atoms with Crippen molar-refractivity contribution in [1.82, 2.24) is 10.3 Å². The highest BCUT2D eigenvalue weighted by atomic mass is 16.7. The van der Waals surface area contributed by atoms with Crippen molar-refractivity contribution in [3.8, 4) is 0 Å². The molecule has 9 heteroatoms. The van der Waals surface area contributed by atoms with Crippen LogP contribution >= 0.6 is 0 Å². The Kier molecular flexibility index (Phi) is 6.11. The van der Waals surface area contributed by atoms with Gasteiger partial charge in [-0.1, -0.05) is 6.07 Å². The zero-order valence-corrected chi connectivity index (χ0v) is 17.5. The molecule has 0 saturated carbocycles. The van der Waals surface area contributed by atoms with Crippen LogP contribution < -0.4 is 10.8 Å². The van der Waals surface area contributed by atoms with Crippen LogP contribution in [0.5, 0.6) is 0 Å². The number of aromatic nitrogens is 1. The molecule has 1 aromatic rings. The number of carboxylic acid groups (broad SMARTS) is 1. The third-order valence-electron chi connectivity index (χ3n) is 4.78. The smallest absolute Gasteiger partial charge is 0.481 e. The molecule has 154 valence electrons. The van der Waals surface area contributed by atoms with E-state index in [-0.39, 0.29) is 6.42 Å². The first-order valence-corrected chi connectivity index (χ1v) is 9.22. The summed E-state index contributed by atoms with van der Waals surface area (Å²) in [6, 6.07) is 0.933. The lowest BCUT2D eigenvalue weighted by Crippen LogP contribution is -2.41. The van der Waals surface area contributed by atoms with Crippen LogP contribution in [0.4, 0.5) is 4.79 Å². The number of hydrogen-bond acceptors (Lipinski definition) is 6. The number of carbonyl (C=O) groups is 2. The van der Waals surface area contributed by atoms with Gasteiger partial charge in [-0.25, -0.2) is 4.79 Å². The van der Waals surface area contributed by atoms with E-state index in [2.05, 4.69) is 10.3 Å². The first-order valence-electron chi connectivity index (χ1n) is 9.22. The van der Waals surface area contributed by atoms with Crippen LogP contribution in [0.25, 0.3) is 0 Å². The lowest BCUT2D eigenvalue weighted by atomic mass is 9.79. The van der Waals surface area contributed by atoms with Crippen LogP contribution in [0.2, 0.25) is 0 Å². The van der Waals surface area contributed by atoms with Crippen LogP contribution in [0.1, 0.15) is 66.5 Å². The molecule has 2 heterocycles. The summed E-state index contributed by atoms with van der Waals surface area (Å²) in [5, 5.41) is 11.9. The Balaban J connectivity index is 2.24. The van der Waals surface area contributed by atoms with Gasteiger partial charge in [0.05, 0.1) is 23.7 Å². The Morgan fingerprint density at radius 3 is 2.29 bits per heavy atom. The molecule has 1 aromatic heterocycles. The minimum atomic E-state index is -1.05. The monoisotopic (exact) mass is 392 g/mol. The van der Waals surface area contributed by atoms with Gasteiger partial charge < -0.3 is 24.5 Å². The zero-order valence-electron chi connectivity index (χ0n) is 17.5. The van der Waals surface area contributed by atoms with Crippen molar-refractivity contribution < 1.29 is 28.7 Å². The molecule has 1 aliphatic heterocycles. The van der Waals surface area contributed by atoms with E-state index in [0.717, 1.165) is 0 Å². The van der Waals surface area contributed by atoms with Gasteiger partial charge in [-0.05, 0) is 54.0 Å². The van der Waals surface area contributed by atoms with Gasteiger partial charge in [0.25, 0.3) is 0 Å². The van der Waals surface area contributed by atoms with E-state index in [4.69, 9.17) is 14.0 Å². The van der Waals surface area contributed by atoms with Gasteiger partial charge in [0.1, 0.15) is 5.60 Å². The Morgan fingerprint density at radius 2 is 1.79 bits per heavy atom. The van der Waals surface area contributed by atoms with Crippen molar-refractivity contribution in [3.63, 3.8) is 0 Å². The van der Waals surface area contributed by atoms with Crippen LogP contribution in [0.15, 0.2) is 18.5 Å². The summed E-state index contributed by atoms with van der Waals surface area (Å²) >= 11 is 0. The molecule has 0 spiro atoms. The van der Waals surface area contributed by atoms with Crippen LogP contribution in [0, 0.1) is 0 Å². The third kappa shape index (κ3) is 5.45. The average Bonchev–Trinajstić information content (AvgIpc) is 2.72. The van der Waals surface area contributed by atoms with Crippen LogP contribution in [-0.2, 0) is 18.8 Å². The minimum Gasteiger partial charge on any atom is -0.481 e. The summed E-state index contributed by atoms with van der Waals surface area (Å²) < 4.78 is 17.3. The lowest BCUT2D eigenvalue weighted by Gasteiger charge is -2.32. The van der Waals surface area contributed by atoms with Gasteiger partial charge in [-0.2, -0.15) is 0 Å². The number of nitrogens with one attached hydrogen (secondary N) is 1. The van der Waals surface area contributed by atoms with Gasteiger partial charge in [0.2, 0.25) is 0 Å². The van der Waals surface area contributed by atoms with E-state index >= 15 is 0 Å². The maximum atomic E-state index is 12.1. The van der Waals surface area contributed by atoms with Crippen LogP contribution in [0.3, 0.4) is 0 Å². The number of aliphatic carboxylic acids is 1. The van der Waals surface area contributed by atoms with Crippen molar-refractivity contribution >= 4 is 24.6 Å². The molecule has 1 saturated heterocycles. The Labute approximate surface area is 166 Å². The largest absolute Gasteiger partial charge is 0.496 e. The van der Waals surface area contributed by atoms with E-state index < -0.39 is 42.0 Å². The standard InChI is InChI=1S/C19H29BN2O6/c1-17(2,3)26-16(25)22-14(9-15(23)24)12-8-13(11-21-10-12)20-27-18(4,5)19(6,7)28-20/h8,10-11,14H,9H2,1-7H3,(H,22,25)(H,23,24). The van der Waals surface area contributed by atoms with Gasteiger partial charge in [0.15, 0.2) is 0 Å². The number of rotatable bonds is 5. The SMILES string of the molecule is CC(C)(C)OC(=O)NC(CC(=O)O)c1cncc(B2OC(C)(C)C(C)(C)O2)c1. The summed E-state index contributed by atoms with van der Waals surface area (Å²) in [5.41, 5.74) is -0.537. The highest BCUT2D eigenvalue weighted by Gasteiger charge is 2.51. The van der Waals surface area contributed by atoms with Gasteiger partial charge in [-0.3, -0.25) is 9.78 Å². The molecule has 1 atom stereocenters. The zero-order chi connectivity index (χ0) is 21.3. The number of carboxylic acids is 1. The Morgan fingerprint density at radius 1 is 1.21 bits per heavy atom. The van der Waals surface area contributed by atoms with Gasteiger partial charge >= 0.3 is 19.2 Å². The molecule has 28 heavy (non-hydrogen) atoms. The Hall–Kier alpha value is -2.13. The number of alkyl carbamates (subject to hydrolysis) is 1. The van der Waals surface area contributed by atoms with E-state index in [9.17, 15) is 14.7 Å². The molecule has 0 bridgehead atoms. The minimum absolute atomic E-state index is 0.312. The first-order chi connectivity index (χ1) is 12.7. The summed E-state index contributed by atoms with van der Waals surface area (Å²) in [5.74, 6) is -1.05. The summed E-state index contributed by atoms with van der Waals surface area (Å²) in [6.45, 7) is 13.0. The molecular weight excluding hydrogens is 363 g/mol. The first kappa shape index (κ1) is 22.2. The number of amides is 1. The molecular formula is C19H29BN2O6. The topological polar surface area (TPSA) is 107 Å². The number of hydrogen-bond donors (Lipinski definition) is 2. The fraction of sp³-hybridized carbons (Fsp3) is 0.632. The van der Waals surface area contributed by atoms with Gasteiger partial charge in [-0.15, -0.1) is 0 Å². The summed E-state index contributed by atoms with van der Waals surface area (Å²) in [7, 11) is -0.635. The quantitative estimate of drug-likeness (QED) is 0.741. The number of nitrogens with zero attached hydrogens (tertiary/aromatic N) is 1. The maximum absolute atomic E-state index is 12.1. The molecule has 1 amide bonds. The second kappa shape index (κ2) is 7.71. The molecule has 0 aromatic carbocycles. The number of carbonyl (C=O) groups excluding carboxylic acids is 1. The van der Waals surface area contributed by atoms with Crippen molar-refractivity contribution in [2.24, 2.45) is 0 Å². The molecule has 2 rings (SSSR count). The summed E-state index contributed by atoms with van der Waals surface area (Å²) in [4.78, 5) is 27.6. The van der Waals surface area contributed by atoms with E-state index in [1.54, 1.807) is 33.0 Å². The van der Waals surface area contributed by atoms with Gasteiger partial charge in [0, 0.05) is 17.9 Å². The highest BCUT2D eigenvalue weighted by molar-refractivity contribution is 6.62. The predicted octanol–water partition coefficient (Wildman–Crippen LogP) is 2.42. The molecule has 1 unspecified atom stereocenters.